The monoisotopic (exact) mass is 294 g/mol. The highest BCUT2D eigenvalue weighted by atomic mass is 35.5. The van der Waals surface area contributed by atoms with Crippen LogP contribution in [0.4, 0.5) is 4.39 Å². The van der Waals surface area contributed by atoms with Gasteiger partial charge in [-0.2, -0.15) is 0 Å². The van der Waals surface area contributed by atoms with Crippen molar-refractivity contribution < 1.29 is 17.6 Å². The van der Waals surface area contributed by atoms with E-state index in [1.54, 1.807) is 0 Å². The van der Waals surface area contributed by atoms with Gasteiger partial charge in [-0.25, -0.2) is 17.5 Å². The van der Waals surface area contributed by atoms with Crippen molar-refractivity contribution >= 4 is 27.5 Å². The molecule has 0 radical (unpaired) electrons. The van der Waals surface area contributed by atoms with Crippen LogP contribution in [0, 0.1) is 5.82 Å². The summed E-state index contributed by atoms with van der Waals surface area (Å²) in [6.45, 7) is 1.40. The van der Waals surface area contributed by atoms with Crippen LogP contribution in [0.3, 0.4) is 0 Å². The predicted octanol–water partition coefficient (Wildman–Crippen LogP) is 0.893. The van der Waals surface area contributed by atoms with Crippen LogP contribution in [-0.2, 0) is 14.8 Å². The van der Waals surface area contributed by atoms with Gasteiger partial charge in [-0.3, -0.25) is 4.79 Å². The van der Waals surface area contributed by atoms with Gasteiger partial charge < -0.3 is 5.32 Å². The molecule has 0 saturated heterocycles. The number of hydrogen-bond donors (Lipinski definition) is 2. The molecule has 0 unspecified atom stereocenters. The zero-order valence-electron chi connectivity index (χ0n) is 9.54. The number of nitrogens with one attached hydrogen (secondary N) is 2. The molecule has 5 nitrogen and oxygen atoms in total. The second-order valence-corrected chi connectivity index (χ2v) is 5.63. The van der Waals surface area contributed by atoms with Gasteiger partial charge in [-0.15, -0.1) is 0 Å². The Morgan fingerprint density at radius 3 is 2.67 bits per heavy atom. The highest BCUT2D eigenvalue weighted by molar-refractivity contribution is 7.89. The molecule has 0 bridgehead atoms. The van der Waals surface area contributed by atoms with Crippen LogP contribution >= 0.6 is 11.6 Å². The first-order valence-corrected chi connectivity index (χ1v) is 6.88. The van der Waals surface area contributed by atoms with Gasteiger partial charge in [0, 0.05) is 25.0 Å². The third-order valence-electron chi connectivity index (χ3n) is 1.97. The Morgan fingerprint density at radius 2 is 2.06 bits per heavy atom. The lowest BCUT2D eigenvalue weighted by atomic mass is 10.3. The summed E-state index contributed by atoms with van der Waals surface area (Å²) in [5, 5.41) is 2.53. The number of carbonyl (C=O) groups is 1. The molecule has 1 aromatic rings. The molecule has 0 saturated carbocycles. The van der Waals surface area contributed by atoms with E-state index in [9.17, 15) is 17.6 Å². The van der Waals surface area contributed by atoms with Crippen molar-refractivity contribution in [3.05, 3.63) is 29.0 Å². The number of halogens is 2. The number of carbonyl (C=O) groups excluding carboxylic acids is 1. The minimum atomic E-state index is -3.97. The van der Waals surface area contributed by atoms with Gasteiger partial charge in [-0.1, -0.05) is 11.6 Å². The Labute approximate surface area is 109 Å². The van der Waals surface area contributed by atoms with Crippen molar-refractivity contribution in [3.63, 3.8) is 0 Å². The molecule has 0 aromatic heterocycles. The first kappa shape index (κ1) is 14.9. The number of amides is 1. The maximum Gasteiger partial charge on any atom is 0.243 e. The first-order valence-electron chi connectivity index (χ1n) is 5.02. The number of rotatable bonds is 5. The lowest BCUT2D eigenvalue weighted by molar-refractivity contribution is -0.118. The molecule has 0 heterocycles. The van der Waals surface area contributed by atoms with E-state index in [0.29, 0.717) is 0 Å². The molecular formula is C10H12ClFN2O3S. The van der Waals surface area contributed by atoms with Crippen molar-refractivity contribution in [1.82, 2.24) is 10.0 Å². The summed E-state index contributed by atoms with van der Waals surface area (Å²) >= 11 is 5.61. The maximum absolute atomic E-state index is 13.4. The summed E-state index contributed by atoms with van der Waals surface area (Å²) in [6.07, 6.45) is 0. The molecule has 0 aliphatic heterocycles. The summed E-state index contributed by atoms with van der Waals surface area (Å²) in [4.78, 5) is 10.1. The highest BCUT2D eigenvalue weighted by Gasteiger charge is 2.18. The molecule has 100 valence electrons. The molecule has 0 atom stereocenters. The molecule has 1 amide bonds. The quantitative estimate of drug-likeness (QED) is 0.792. The summed E-state index contributed by atoms with van der Waals surface area (Å²) in [5.74, 6) is -1.16. The van der Waals surface area contributed by atoms with Crippen molar-refractivity contribution in [3.8, 4) is 0 Å². The Kier molecular flexibility index (Phi) is 5.06. The zero-order chi connectivity index (χ0) is 13.8. The van der Waals surface area contributed by atoms with E-state index in [1.807, 2.05) is 0 Å². The van der Waals surface area contributed by atoms with Crippen molar-refractivity contribution in [2.24, 2.45) is 0 Å². The number of hydrogen-bond acceptors (Lipinski definition) is 3. The summed E-state index contributed by atoms with van der Waals surface area (Å²) in [5.41, 5.74) is 0. The van der Waals surface area contributed by atoms with Crippen LogP contribution in [0.1, 0.15) is 6.92 Å². The van der Waals surface area contributed by atoms with Gasteiger partial charge in [0.05, 0.1) is 0 Å². The Morgan fingerprint density at radius 1 is 1.39 bits per heavy atom. The maximum atomic E-state index is 13.4. The molecule has 18 heavy (non-hydrogen) atoms. The van der Waals surface area contributed by atoms with Gasteiger partial charge in [0.1, 0.15) is 10.7 Å². The zero-order valence-corrected chi connectivity index (χ0v) is 11.1. The number of benzene rings is 1. The third-order valence-corrected chi connectivity index (χ3v) is 3.68. The van der Waals surface area contributed by atoms with E-state index >= 15 is 0 Å². The average Bonchev–Trinajstić information content (AvgIpc) is 2.27. The largest absolute Gasteiger partial charge is 0.355 e. The Balaban J connectivity index is 2.74. The standard InChI is InChI=1S/C10H12ClFN2O3S/c1-7(15)13-4-5-14-18(16,17)10-6-8(11)2-3-9(10)12/h2-3,6,14H,4-5H2,1H3,(H,13,15). The van der Waals surface area contributed by atoms with Crippen LogP contribution in [0.2, 0.25) is 5.02 Å². The van der Waals surface area contributed by atoms with Gasteiger partial charge in [0.25, 0.3) is 0 Å². The second kappa shape index (κ2) is 6.12. The van der Waals surface area contributed by atoms with Crippen molar-refractivity contribution in [1.29, 1.82) is 0 Å². The third kappa shape index (κ3) is 4.25. The molecule has 8 heteroatoms. The lowest BCUT2D eigenvalue weighted by Crippen LogP contribution is -2.34. The molecule has 0 spiro atoms. The van der Waals surface area contributed by atoms with E-state index in [-0.39, 0.29) is 24.0 Å². The first-order chi connectivity index (χ1) is 8.33. The molecule has 2 N–H and O–H groups in total. The fourth-order valence-corrected chi connectivity index (χ4v) is 2.55. The minimum Gasteiger partial charge on any atom is -0.355 e. The summed E-state index contributed by atoms with van der Waals surface area (Å²) < 4.78 is 39.0. The highest BCUT2D eigenvalue weighted by Crippen LogP contribution is 2.19. The number of sulfonamides is 1. The molecule has 0 fully saturated rings. The molecule has 1 rings (SSSR count). The van der Waals surface area contributed by atoms with Crippen LogP contribution in [0.25, 0.3) is 0 Å². The van der Waals surface area contributed by atoms with Gasteiger partial charge in [0.2, 0.25) is 15.9 Å². The van der Waals surface area contributed by atoms with E-state index < -0.39 is 20.7 Å². The normalized spacial score (nSPS) is 11.3. The SMILES string of the molecule is CC(=O)NCCNS(=O)(=O)c1cc(Cl)ccc1F. The molecule has 0 aliphatic rings. The minimum absolute atomic E-state index is 0.0339. The van der Waals surface area contributed by atoms with Crippen molar-refractivity contribution in [2.45, 2.75) is 11.8 Å². The van der Waals surface area contributed by atoms with E-state index in [4.69, 9.17) is 11.6 Å². The summed E-state index contributed by atoms with van der Waals surface area (Å²) in [7, 11) is -3.97. The van der Waals surface area contributed by atoms with Gasteiger partial charge in [0.15, 0.2) is 0 Å². The Hall–Kier alpha value is -1.18. The second-order valence-electron chi connectivity index (χ2n) is 3.46. The van der Waals surface area contributed by atoms with Gasteiger partial charge in [-0.05, 0) is 18.2 Å². The molecule has 1 aromatic carbocycles. The van der Waals surface area contributed by atoms with E-state index in [1.165, 1.54) is 13.0 Å². The van der Waals surface area contributed by atoms with E-state index in [2.05, 4.69) is 10.0 Å². The average molecular weight is 295 g/mol. The van der Waals surface area contributed by atoms with Gasteiger partial charge >= 0.3 is 0 Å². The fourth-order valence-electron chi connectivity index (χ4n) is 1.18. The topological polar surface area (TPSA) is 75.3 Å². The van der Waals surface area contributed by atoms with Crippen LogP contribution in [-0.4, -0.2) is 27.4 Å². The Bertz CT molecular complexity index is 548. The fraction of sp³-hybridized carbons (Fsp3) is 0.300. The van der Waals surface area contributed by atoms with Crippen LogP contribution < -0.4 is 10.0 Å². The lowest BCUT2D eigenvalue weighted by Gasteiger charge is -2.08. The molecule has 0 aliphatic carbocycles. The summed E-state index contributed by atoms with van der Waals surface area (Å²) in [6, 6.07) is 3.26. The molecular weight excluding hydrogens is 283 g/mol. The smallest absolute Gasteiger partial charge is 0.243 e. The van der Waals surface area contributed by atoms with E-state index in [0.717, 1.165) is 12.1 Å². The van der Waals surface area contributed by atoms with Crippen molar-refractivity contribution in [2.75, 3.05) is 13.1 Å². The van der Waals surface area contributed by atoms with Crippen LogP contribution in [0.15, 0.2) is 23.1 Å². The van der Waals surface area contributed by atoms with Crippen LogP contribution in [0.5, 0.6) is 0 Å². The predicted molar refractivity (Wildman–Crippen MR) is 65.3 cm³/mol.